The molecule has 0 unspecified atom stereocenters. The standard InChI is InChI=1S/C12H20N4O3S/c1-3-13-10-5-6-14-11(9-10)12(17)15-7-8-20(18,19)16-4-2/h5-6,9,16H,3-4,7-8H2,1-2H3,(H,13,14)(H,15,17). The molecule has 0 aromatic carbocycles. The molecule has 0 bridgehead atoms. The van der Waals surface area contributed by atoms with Crippen LogP contribution in [-0.4, -0.2) is 44.7 Å². The lowest BCUT2D eigenvalue weighted by atomic mass is 10.3. The van der Waals surface area contributed by atoms with Gasteiger partial charge in [0.1, 0.15) is 5.69 Å². The second kappa shape index (κ2) is 7.81. The second-order valence-electron chi connectivity index (χ2n) is 4.03. The minimum atomic E-state index is -3.32. The van der Waals surface area contributed by atoms with Gasteiger partial charge < -0.3 is 10.6 Å². The third-order valence-corrected chi connectivity index (χ3v) is 3.86. The van der Waals surface area contributed by atoms with Gasteiger partial charge in [-0.05, 0) is 19.1 Å². The van der Waals surface area contributed by atoms with Gasteiger partial charge >= 0.3 is 0 Å². The lowest BCUT2D eigenvalue weighted by Crippen LogP contribution is -2.34. The summed E-state index contributed by atoms with van der Waals surface area (Å²) >= 11 is 0. The lowest BCUT2D eigenvalue weighted by Gasteiger charge is -2.07. The van der Waals surface area contributed by atoms with Gasteiger partial charge in [-0.3, -0.25) is 9.78 Å². The summed E-state index contributed by atoms with van der Waals surface area (Å²) < 4.78 is 25.2. The predicted molar refractivity (Wildman–Crippen MR) is 78.2 cm³/mol. The van der Waals surface area contributed by atoms with Gasteiger partial charge in [0, 0.05) is 31.5 Å². The number of carbonyl (C=O) groups excluding carboxylic acids is 1. The van der Waals surface area contributed by atoms with Gasteiger partial charge in [0.25, 0.3) is 5.91 Å². The first-order chi connectivity index (χ1) is 9.48. The molecular weight excluding hydrogens is 280 g/mol. The Balaban J connectivity index is 2.53. The summed E-state index contributed by atoms with van der Waals surface area (Å²) in [6.45, 7) is 4.77. The highest BCUT2D eigenvalue weighted by Crippen LogP contribution is 2.07. The van der Waals surface area contributed by atoms with E-state index in [1.165, 1.54) is 6.20 Å². The summed E-state index contributed by atoms with van der Waals surface area (Å²) in [5.41, 5.74) is 1.05. The summed E-state index contributed by atoms with van der Waals surface area (Å²) in [5.74, 6) is -0.545. The fourth-order valence-corrected chi connectivity index (χ4v) is 2.51. The number of aromatic nitrogens is 1. The van der Waals surface area contributed by atoms with Crippen LogP contribution in [-0.2, 0) is 10.0 Å². The topological polar surface area (TPSA) is 100 Å². The van der Waals surface area contributed by atoms with Crippen molar-refractivity contribution in [3.8, 4) is 0 Å². The zero-order chi connectivity index (χ0) is 15.0. The quantitative estimate of drug-likeness (QED) is 0.636. The maximum Gasteiger partial charge on any atom is 0.269 e. The van der Waals surface area contributed by atoms with Crippen LogP contribution in [0, 0.1) is 0 Å². The molecule has 0 saturated carbocycles. The van der Waals surface area contributed by atoms with Crippen LogP contribution in [0.4, 0.5) is 5.69 Å². The SMILES string of the molecule is CCNc1ccnc(C(=O)NCCS(=O)(=O)NCC)c1. The van der Waals surface area contributed by atoms with E-state index in [1.54, 1.807) is 19.1 Å². The minimum Gasteiger partial charge on any atom is -0.385 e. The third-order valence-electron chi connectivity index (χ3n) is 2.39. The van der Waals surface area contributed by atoms with Crippen molar-refractivity contribution in [3.63, 3.8) is 0 Å². The van der Waals surface area contributed by atoms with Crippen LogP contribution in [0.25, 0.3) is 0 Å². The van der Waals surface area contributed by atoms with Crippen molar-refractivity contribution in [2.45, 2.75) is 13.8 Å². The van der Waals surface area contributed by atoms with Gasteiger partial charge in [0.05, 0.1) is 5.75 Å². The molecule has 0 atom stereocenters. The van der Waals surface area contributed by atoms with Crippen LogP contribution >= 0.6 is 0 Å². The number of sulfonamides is 1. The lowest BCUT2D eigenvalue weighted by molar-refractivity contribution is 0.0951. The average Bonchev–Trinajstić information content (AvgIpc) is 2.39. The highest BCUT2D eigenvalue weighted by Gasteiger charge is 2.11. The van der Waals surface area contributed by atoms with Gasteiger partial charge in [0.15, 0.2) is 0 Å². The zero-order valence-electron chi connectivity index (χ0n) is 11.6. The number of hydrogen-bond donors (Lipinski definition) is 3. The molecule has 1 rings (SSSR count). The monoisotopic (exact) mass is 300 g/mol. The van der Waals surface area contributed by atoms with E-state index in [9.17, 15) is 13.2 Å². The smallest absolute Gasteiger partial charge is 0.269 e. The Morgan fingerprint density at radius 1 is 1.30 bits per heavy atom. The first-order valence-electron chi connectivity index (χ1n) is 6.44. The van der Waals surface area contributed by atoms with Crippen molar-refractivity contribution in [1.29, 1.82) is 0 Å². The van der Waals surface area contributed by atoms with Gasteiger partial charge in [0.2, 0.25) is 10.0 Å². The molecule has 1 aromatic rings. The highest BCUT2D eigenvalue weighted by atomic mass is 32.2. The molecule has 1 amide bonds. The zero-order valence-corrected chi connectivity index (χ0v) is 12.5. The second-order valence-corrected chi connectivity index (χ2v) is 5.96. The molecule has 0 spiro atoms. The highest BCUT2D eigenvalue weighted by molar-refractivity contribution is 7.89. The fourth-order valence-electron chi connectivity index (χ4n) is 1.55. The van der Waals surface area contributed by atoms with Crippen LogP contribution in [0.15, 0.2) is 18.3 Å². The molecule has 0 fully saturated rings. The number of nitrogens with one attached hydrogen (secondary N) is 3. The maximum atomic E-state index is 11.8. The van der Waals surface area contributed by atoms with Crippen molar-refractivity contribution in [3.05, 3.63) is 24.0 Å². The van der Waals surface area contributed by atoms with E-state index in [0.717, 1.165) is 12.2 Å². The molecule has 8 heteroatoms. The first kappa shape index (κ1) is 16.4. The van der Waals surface area contributed by atoms with Crippen LogP contribution < -0.4 is 15.4 Å². The largest absolute Gasteiger partial charge is 0.385 e. The van der Waals surface area contributed by atoms with Gasteiger partial charge in [-0.25, -0.2) is 13.1 Å². The van der Waals surface area contributed by atoms with E-state index in [2.05, 4.69) is 20.3 Å². The average molecular weight is 300 g/mol. The number of nitrogens with zero attached hydrogens (tertiary/aromatic N) is 1. The van der Waals surface area contributed by atoms with E-state index in [-0.39, 0.29) is 18.0 Å². The first-order valence-corrected chi connectivity index (χ1v) is 8.09. The van der Waals surface area contributed by atoms with Crippen LogP contribution in [0.1, 0.15) is 24.3 Å². The third kappa shape index (κ3) is 5.54. The molecule has 1 heterocycles. The Labute approximate surface area is 119 Å². The van der Waals surface area contributed by atoms with E-state index in [1.807, 2.05) is 6.92 Å². The molecule has 0 radical (unpaired) electrons. The van der Waals surface area contributed by atoms with Crippen LogP contribution in [0.3, 0.4) is 0 Å². The van der Waals surface area contributed by atoms with E-state index >= 15 is 0 Å². The predicted octanol–water partition coefficient (Wildman–Crippen LogP) is 0.183. The number of hydrogen-bond acceptors (Lipinski definition) is 5. The summed E-state index contributed by atoms with van der Waals surface area (Å²) in [4.78, 5) is 15.8. The Morgan fingerprint density at radius 2 is 2.05 bits per heavy atom. The normalized spacial score (nSPS) is 11.1. The molecule has 20 heavy (non-hydrogen) atoms. The number of carbonyl (C=O) groups is 1. The van der Waals surface area contributed by atoms with Gasteiger partial charge in [-0.1, -0.05) is 6.92 Å². The Bertz CT molecular complexity index is 545. The fraction of sp³-hybridized carbons (Fsp3) is 0.500. The van der Waals surface area contributed by atoms with Crippen LogP contribution in [0.5, 0.6) is 0 Å². The molecule has 3 N–H and O–H groups in total. The minimum absolute atomic E-state index is 0.0429. The molecule has 0 saturated heterocycles. The van der Waals surface area contributed by atoms with Crippen molar-refractivity contribution in [2.75, 3.05) is 30.7 Å². The van der Waals surface area contributed by atoms with E-state index < -0.39 is 15.9 Å². The van der Waals surface area contributed by atoms with Crippen molar-refractivity contribution in [1.82, 2.24) is 15.0 Å². The maximum absolute atomic E-state index is 11.8. The van der Waals surface area contributed by atoms with Crippen LogP contribution in [0.2, 0.25) is 0 Å². The molecule has 1 aromatic heterocycles. The molecule has 0 aliphatic heterocycles. The summed E-state index contributed by atoms with van der Waals surface area (Å²) in [6, 6.07) is 3.38. The summed E-state index contributed by atoms with van der Waals surface area (Å²) in [6.07, 6.45) is 1.53. The molecule has 0 aliphatic rings. The van der Waals surface area contributed by atoms with E-state index in [0.29, 0.717) is 6.54 Å². The number of anilines is 1. The Morgan fingerprint density at radius 3 is 2.70 bits per heavy atom. The number of rotatable bonds is 8. The van der Waals surface area contributed by atoms with Crippen molar-refractivity contribution >= 4 is 21.6 Å². The molecule has 112 valence electrons. The van der Waals surface area contributed by atoms with Gasteiger partial charge in [-0.2, -0.15) is 0 Å². The van der Waals surface area contributed by atoms with Crippen molar-refractivity contribution in [2.24, 2.45) is 0 Å². The Kier molecular flexibility index (Phi) is 6.40. The van der Waals surface area contributed by atoms with Gasteiger partial charge in [-0.15, -0.1) is 0 Å². The number of amides is 1. The summed E-state index contributed by atoms with van der Waals surface area (Å²) in [7, 11) is -3.32. The van der Waals surface area contributed by atoms with E-state index in [4.69, 9.17) is 0 Å². The molecule has 7 nitrogen and oxygen atoms in total. The summed E-state index contributed by atoms with van der Waals surface area (Å²) in [5, 5.41) is 5.61. The van der Waals surface area contributed by atoms with Crippen molar-refractivity contribution < 1.29 is 13.2 Å². The molecule has 0 aliphatic carbocycles. The number of pyridine rings is 1. The molecular formula is C12H20N4O3S. The Hall–Kier alpha value is -1.67.